The van der Waals surface area contributed by atoms with Crippen LogP contribution in [0.3, 0.4) is 0 Å². The number of benzene rings is 1. The van der Waals surface area contributed by atoms with Gasteiger partial charge in [0.1, 0.15) is 17.7 Å². The molecule has 10 nitrogen and oxygen atoms in total. The van der Waals surface area contributed by atoms with E-state index in [9.17, 15) is 24.4 Å². The number of nitrogens with one attached hydrogen (secondary N) is 1. The molecule has 3 aliphatic rings. The van der Waals surface area contributed by atoms with Gasteiger partial charge in [-0.3, -0.25) is 14.4 Å². The van der Waals surface area contributed by atoms with Crippen LogP contribution < -0.4 is 5.32 Å². The summed E-state index contributed by atoms with van der Waals surface area (Å²) < 4.78 is 5.37. The minimum absolute atomic E-state index is 0.0971. The molecule has 0 bridgehead atoms. The maximum Gasteiger partial charge on any atom is 0.408 e. The third kappa shape index (κ3) is 5.93. The molecule has 204 valence electrons. The number of rotatable bonds is 3. The topological polar surface area (TPSA) is 123 Å². The van der Waals surface area contributed by atoms with Gasteiger partial charge in [-0.05, 0) is 45.6 Å². The number of likely N-dealkylation sites (tertiary alicyclic amines) is 1. The normalized spacial score (nSPS) is 27.7. The number of nitriles is 1. The fraction of sp³-hybridized carbons (Fsp3) is 0.607. The molecule has 1 N–H and O–H groups in total. The lowest BCUT2D eigenvalue weighted by Gasteiger charge is -2.39. The lowest BCUT2D eigenvalue weighted by molar-refractivity contribution is -0.148. The minimum atomic E-state index is -0.926. The highest BCUT2D eigenvalue weighted by molar-refractivity contribution is 5.92. The molecule has 0 aromatic heterocycles. The first-order valence-electron chi connectivity index (χ1n) is 13.3. The number of hydrogen-bond donors (Lipinski definition) is 1. The zero-order valence-corrected chi connectivity index (χ0v) is 22.6. The summed E-state index contributed by atoms with van der Waals surface area (Å²) in [6.45, 7) is 8.07. The molecule has 1 aromatic carbocycles. The molecule has 0 saturated carbocycles. The molecular weight excluding hydrogens is 486 g/mol. The Bertz CT molecular complexity index is 1110. The molecule has 4 amide bonds. The van der Waals surface area contributed by atoms with Crippen molar-refractivity contribution in [3.63, 3.8) is 0 Å². The van der Waals surface area contributed by atoms with Gasteiger partial charge < -0.3 is 24.8 Å². The van der Waals surface area contributed by atoms with Gasteiger partial charge in [0.15, 0.2) is 0 Å². The van der Waals surface area contributed by atoms with Crippen LogP contribution in [0.5, 0.6) is 0 Å². The highest BCUT2D eigenvalue weighted by atomic mass is 16.6. The fourth-order valence-electron chi connectivity index (χ4n) is 5.81. The summed E-state index contributed by atoms with van der Waals surface area (Å²) in [6.07, 6.45) is 0.538. The molecule has 3 fully saturated rings. The molecule has 3 heterocycles. The Hall–Kier alpha value is -3.61. The smallest absolute Gasteiger partial charge is 0.408 e. The Kier molecular flexibility index (Phi) is 7.95. The Balaban J connectivity index is 1.56. The van der Waals surface area contributed by atoms with Gasteiger partial charge in [0, 0.05) is 39.0 Å². The number of hydrogen-bond acceptors (Lipinski definition) is 6. The Labute approximate surface area is 223 Å². The molecule has 10 heteroatoms. The van der Waals surface area contributed by atoms with E-state index in [0.717, 1.165) is 5.56 Å². The van der Waals surface area contributed by atoms with Crippen molar-refractivity contribution in [2.45, 2.75) is 76.6 Å². The molecule has 3 aliphatic heterocycles. The number of carbonyl (C=O) groups excluding carboxylic acids is 4. The molecule has 4 rings (SSSR count). The van der Waals surface area contributed by atoms with E-state index in [4.69, 9.17) is 4.74 Å². The average molecular weight is 524 g/mol. The van der Waals surface area contributed by atoms with Crippen LogP contribution in [0.2, 0.25) is 0 Å². The van der Waals surface area contributed by atoms with Crippen LogP contribution in [-0.2, 0) is 19.1 Å². The minimum Gasteiger partial charge on any atom is -0.444 e. The van der Waals surface area contributed by atoms with E-state index in [0.29, 0.717) is 39.0 Å². The van der Waals surface area contributed by atoms with Crippen LogP contribution in [0.15, 0.2) is 30.3 Å². The second-order valence-corrected chi connectivity index (χ2v) is 11.4. The number of carbonyl (C=O) groups is 4. The first kappa shape index (κ1) is 27.4. The van der Waals surface area contributed by atoms with Crippen molar-refractivity contribution in [2.24, 2.45) is 5.92 Å². The number of ether oxygens (including phenoxy) is 1. The second kappa shape index (κ2) is 11.0. The van der Waals surface area contributed by atoms with Crippen LogP contribution in [-0.4, -0.2) is 88.4 Å². The summed E-state index contributed by atoms with van der Waals surface area (Å²) in [4.78, 5) is 57.5. The lowest BCUT2D eigenvalue weighted by Crippen LogP contribution is -2.60. The quantitative estimate of drug-likeness (QED) is 0.648. The number of amides is 4. The van der Waals surface area contributed by atoms with E-state index in [2.05, 4.69) is 11.4 Å². The van der Waals surface area contributed by atoms with Crippen molar-refractivity contribution in [3.05, 3.63) is 35.9 Å². The summed E-state index contributed by atoms with van der Waals surface area (Å²) in [5.74, 6) is -1.08. The van der Waals surface area contributed by atoms with Crippen LogP contribution in [0.25, 0.3) is 0 Å². The van der Waals surface area contributed by atoms with Crippen molar-refractivity contribution in [1.82, 2.24) is 20.0 Å². The van der Waals surface area contributed by atoms with E-state index < -0.39 is 23.8 Å². The van der Waals surface area contributed by atoms with Crippen LogP contribution in [0, 0.1) is 17.2 Å². The molecule has 38 heavy (non-hydrogen) atoms. The van der Waals surface area contributed by atoms with Gasteiger partial charge in [-0.15, -0.1) is 0 Å². The largest absolute Gasteiger partial charge is 0.444 e. The molecule has 0 radical (unpaired) electrons. The van der Waals surface area contributed by atoms with Crippen LogP contribution >= 0.6 is 0 Å². The summed E-state index contributed by atoms with van der Waals surface area (Å²) in [7, 11) is 0. The van der Waals surface area contributed by atoms with E-state index >= 15 is 0 Å². The average Bonchev–Trinajstić information content (AvgIpc) is 3.47. The van der Waals surface area contributed by atoms with Gasteiger partial charge in [0.2, 0.25) is 17.7 Å². The van der Waals surface area contributed by atoms with Gasteiger partial charge in [-0.2, -0.15) is 5.26 Å². The van der Waals surface area contributed by atoms with Crippen LogP contribution in [0.4, 0.5) is 4.79 Å². The Morgan fingerprint density at radius 3 is 2.37 bits per heavy atom. The molecule has 1 aromatic rings. The monoisotopic (exact) mass is 523 g/mol. The van der Waals surface area contributed by atoms with Gasteiger partial charge in [0.25, 0.3) is 0 Å². The van der Waals surface area contributed by atoms with E-state index in [1.807, 2.05) is 30.3 Å². The van der Waals surface area contributed by atoms with Crippen LogP contribution in [0.1, 0.15) is 58.4 Å². The van der Waals surface area contributed by atoms with E-state index in [-0.39, 0.29) is 42.0 Å². The van der Waals surface area contributed by atoms with Crippen molar-refractivity contribution in [2.75, 3.05) is 26.2 Å². The number of alkyl carbamates (subject to hydrolysis) is 1. The van der Waals surface area contributed by atoms with Crippen molar-refractivity contribution >= 4 is 23.8 Å². The van der Waals surface area contributed by atoms with Crippen molar-refractivity contribution < 1.29 is 23.9 Å². The summed E-state index contributed by atoms with van der Waals surface area (Å²) in [5.41, 5.74) is 0.275. The van der Waals surface area contributed by atoms with E-state index in [1.165, 1.54) is 6.92 Å². The Morgan fingerprint density at radius 1 is 1.03 bits per heavy atom. The molecule has 0 spiro atoms. The SMILES string of the molecule is CC(=O)N1CC[C@H](NC(=O)OC(C)(C)C)C(=O)N2[C@H](CC[C@H]2C(=O)N2C[C@H](c3ccccc3)[C@@H](C#N)C2)C1. The maximum absolute atomic E-state index is 13.8. The van der Waals surface area contributed by atoms with Gasteiger partial charge in [0.05, 0.1) is 18.0 Å². The third-order valence-corrected chi connectivity index (χ3v) is 7.62. The maximum atomic E-state index is 13.8. The number of nitrogens with zero attached hydrogens (tertiary/aromatic N) is 4. The molecule has 0 aliphatic carbocycles. The van der Waals surface area contributed by atoms with Gasteiger partial charge in [-0.1, -0.05) is 30.3 Å². The zero-order valence-electron chi connectivity index (χ0n) is 22.6. The fourth-order valence-corrected chi connectivity index (χ4v) is 5.81. The van der Waals surface area contributed by atoms with Gasteiger partial charge >= 0.3 is 6.09 Å². The first-order valence-corrected chi connectivity index (χ1v) is 13.3. The Morgan fingerprint density at radius 2 is 1.74 bits per heavy atom. The third-order valence-electron chi connectivity index (χ3n) is 7.62. The highest BCUT2D eigenvalue weighted by Gasteiger charge is 2.48. The molecule has 0 unspecified atom stereocenters. The first-order chi connectivity index (χ1) is 18.0. The number of fused-ring (bicyclic) bond motifs is 1. The predicted octanol–water partition coefficient (Wildman–Crippen LogP) is 2.26. The zero-order chi connectivity index (χ0) is 27.6. The summed E-state index contributed by atoms with van der Waals surface area (Å²) in [5, 5.41) is 12.5. The second-order valence-electron chi connectivity index (χ2n) is 11.4. The van der Waals surface area contributed by atoms with E-state index in [1.54, 1.807) is 35.5 Å². The molecule has 5 atom stereocenters. The van der Waals surface area contributed by atoms with Gasteiger partial charge in [-0.25, -0.2) is 4.79 Å². The summed E-state index contributed by atoms with van der Waals surface area (Å²) in [6, 6.07) is 10.1. The lowest BCUT2D eigenvalue weighted by atomic mass is 9.90. The van der Waals surface area contributed by atoms with Crippen molar-refractivity contribution in [1.29, 1.82) is 5.26 Å². The highest BCUT2D eigenvalue weighted by Crippen LogP contribution is 2.35. The standard InChI is InChI=1S/C28H37N5O5/c1-18(34)31-13-12-23(30-27(37)38-28(2,3)4)25(35)33-21(16-31)10-11-24(33)26(36)32-15-20(14-29)22(17-32)19-8-6-5-7-9-19/h5-9,20-24H,10-13,15-17H2,1-4H3,(H,30,37)/t20-,21+,22+,23-,24-/m0/s1. The van der Waals surface area contributed by atoms with Crippen molar-refractivity contribution in [3.8, 4) is 6.07 Å². The molecular formula is C28H37N5O5. The predicted molar refractivity (Wildman–Crippen MR) is 139 cm³/mol. The molecule has 3 saturated heterocycles. The summed E-state index contributed by atoms with van der Waals surface area (Å²) >= 11 is 0.